The average molecular weight is 448 g/mol. The maximum Gasteiger partial charge on any atom is 0.191 e. The summed E-state index contributed by atoms with van der Waals surface area (Å²) in [4.78, 5) is 6.79. The van der Waals surface area contributed by atoms with Crippen LogP contribution >= 0.6 is 24.0 Å². The predicted molar refractivity (Wildman–Crippen MR) is 110 cm³/mol. The molecule has 24 heavy (non-hydrogen) atoms. The third kappa shape index (κ3) is 6.93. The lowest BCUT2D eigenvalue weighted by Crippen LogP contribution is -2.45. The second-order valence-electron chi connectivity index (χ2n) is 6.04. The fraction of sp³-hybridized carbons (Fsp3) is 0.611. The Morgan fingerprint density at radius 2 is 2.21 bits per heavy atom. The molecule has 0 spiro atoms. The summed E-state index contributed by atoms with van der Waals surface area (Å²) < 4.78 is 13.1. The molecule has 0 radical (unpaired) electrons. The van der Waals surface area contributed by atoms with Gasteiger partial charge in [0.05, 0.1) is 0 Å². The van der Waals surface area contributed by atoms with Crippen molar-refractivity contribution >= 4 is 29.9 Å². The second-order valence-corrected chi connectivity index (χ2v) is 6.04. The summed E-state index contributed by atoms with van der Waals surface area (Å²) >= 11 is 0. The fourth-order valence-corrected chi connectivity index (χ4v) is 3.17. The smallest absolute Gasteiger partial charge is 0.191 e. The van der Waals surface area contributed by atoms with Gasteiger partial charge < -0.3 is 10.6 Å². The van der Waals surface area contributed by atoms with Gasteiger partial charge in [-0.2, -0.15) is 0 Å². The Balaban J connectivity index is 0.00000288. The number of hydrogen-bond acceptors (Lipinski definition) is 2. The van der Waals surface area contributed by atoms with E-state index in [-0.39, 0.29) is 29.8 Å². The molecule has 6 heteroatoms. The monoisotopic (exact) mass is 448 g/mol. The highest BCUT2D eigenvalue weighted by molar-refractivity contribution is 14.0. The molecule has 0 amide bonds. The summed E-state index contributed by atoms with van der Waals surface area (Å²) in [5.74, 6) is 0.692. The Labute approximate surface area is 162 Å². The van der Waals surface area contributed by atoms with E-state index < -0.39 is 0 Å². The summed E-state index contributed by atoms with van der Waals surface area (Å²) in [6, 6.07) is 7.43. The lowest BCUT2D eigenvalue weighted by atomic mass is 10.1. The van der Waals surface area contributed by atoms with Crippen molar-refractivity contribution < 1.29 is 4.39 Å². The molecule has 1 aromatic carbocycles. The van der Waals surface area contributed by atoms with E-state index in [1.165, 1.54) is 25.5 Å². The van der Waals surface area contributed by atoms with Crippen LogP contribution in [0.3, 0.4) is 0 Å². The van der Waals surface area contributed by atoms with Crippen LogP contribution in [0.25, 0.3) is 0 Å². The normalized spacial score (nSPS) is 18.3. The van der Waals surface area contributed by atoms with Crippen molar-refractivity contribution in [1.29, 1.82) is 0 Å². The lowest BCUT2D eigenvalue weighted by molar-refractivity contribution is 0.267. The zero-order chi connectivity index (χ0) is 16.5. The van der Waals surface area contributed by atoms with Crippen LogP contribution in [0.15, 0.2) is 29.3 Å². The van der Waals surface area contributed by atoms with E-state index in [4.69, 9.17) is 0 Å². The van der Waals surface area contributed by atoms with Crippen LogP contribution in [-0.4, -0.2) is 50.1 Å². The van der Waals surface area contributed by atoms with Gasteiger partial charge in [0.1, 0.15) is 5.82 Å². The third-order valence-electron chi connectivity index (χ3n) is 4.46. The first-order valence-corrected chi connectivity index (χ1v) is 8.66. The number of benzene rings is 1. The van der Waals surface area contributed by atoms with Crippen molar-refractivity contribution in [3.63, 3.8) is 0 Å². The minimum absolute atomic E-state index is 0. The molecule has 2 N–H and O–H groups in total. The van der Waals surface area contributed by atoms with Crippen molar-refractivity contribution in [3.8, 4) is 0 Å². The van der Waals surface area contributed by atoms with Gasteiger partial charge in [-0.15, -0.1) is 24.0 Å². The van der Waals surface area contributed by atoms with Gasteiger partial charge >= 0.3 is 0 Å². The molecule has 0 aliphatic carbocycles. The van der Waals surface area contributed by atoms with E-state index in [1.54, 1.807) is 19.2 Å². The quantitative estimate of drug-likeness (QED) is 0.292. The summed E-state index contributed by atoms with van der Waals surface area (Å²) in [5.41, 5.74) is 1.04. The van der Waals surface area contributed by atoms with Gasteiger partial charge in [0.25, 0.3) is 0 Å². The number of aryl methyl sites for hydroxylation is 1. The first kappa shape index (κ1) is 21.2. The Kier molecular flexibility index (Phi) is 10.2. The van der Waals surface area contributed by atoms with E-state index in [0.29, 0.717) is 6.04 Å². The Bertz CT molecular complexity index is 510. The van der Waals surface area contributed by atoms with Crippen LogP contribution in [0.2, 0.25) is 0 Å². The molecule has 1 aliphatic heterocycles. The largest absolute Gasteiger partial charge is 0.356 e. The standard InChI is InChI=1S/C18H29FN4.HI/c1-3-23-12-6-10-17(23)14-22-18(20-2)21-11-5-8-15-7-4-9-16(19)13-15;/h4,7,9,13,17H,3,5-6,8,10-12,14H2,1-2H3,(H2,20,21,22);1H. The molecule has 1 saturated heterocycles. The van der Waals surface area contributed by atoms with Crippen LogP contribution in [0.4, 0.5) is 4.39 Å². The van der Waals surface area contributed by atoms with E-state index in [9.17, 15) is 4.39 Å². The van der Waals surface area contributed by atoms with Crippen molar-refractivity contribution in [2.45, 2.75) is 38.6 Å². The van der Waals surface area contributed by atoms with E-state index in [2.05, 4.69) is 27.4 Å². The number of nitrogens with one attached hydrogen (secondary N) is 2. The van der Waals surface area contributed by atoms with Gasteiger partial charge in [-0.05, 0) is 56.5 Å². The minimum atomic E-state index is -0.162. The number of halogens is 2. The van der Waals surface area contributed by atoms with Crippen LogP contribution < -0.4 is 10.6 Å². The SMILES string of the molecule is CCN1CCCC1CNC(=NC)NCCCc1cccc(F)c1.I. The van der Waals surface area contributed by atoms with E-state index in [1.807, 2.05) is 6.07 Å². The van der Waals surface area contributed by atoms with Crippen molar-refractivity contribution in [2.75, 3.05) is 33.2 Å². The second kappa shape index (κ2) is 11.6. The molecule has 4 nitrogen and oxygen atoms in total. The fourth-order valence-electron chi connectivity index (χ4n) is 3.17. The molecule has 1 fully saturated rings. The number of nitrogens with zero attached hydrogens (tertiary/aromatic N) is 2. The molecule has 1 unspecified atom stereocenters. The molecule has 0 saturated carbocycles. The Morgan fingerprint density at radius 3 is 2.92 bits per heavy atom. The Hall–Kier alpha value is -0.890. The number of guanidine groups is 1. The van der Waals surface area contributed by atoms with Crippen LogP contribution in [-0.2, 0) is 6.42 Å². The summed E-state index contributed by atoms with van der Waals surface area (Å²) in [6.07, 6.45) is 4.37. The molecule has 0 aromatic heterocycles. The summed E-state index contributed by atoms with van der Waals surface area (Å²) in [5, 5.41) is 6.76. The number of likely N-dealkylation sites (N-methyl/N-ethyl adjacent to an activating group) is 1. The number of likely N-dealkylation sites (tertiary alicyclic amines) is 1. The molecule has 1 atom stereocenters. The molecule has 1 aliphatic rings. The van der Waals surface area contributed by atoms with Crippen molar-refractivity contribution in [1.82, 2.24) is 15.5 Å². The van der Waals surface area contributed by atoms with E-state index in [0.717, 1.165) is 44.0 Å². The zero-order valence-electron chi connectivity index (χ0n) is 14.7. The average Bonchev–Trinajstić information content (AvgIpc) is 3.02. The molecule has 2 rings (SSSR count). The molecule has 1 aromatic rings. The van der Waals surface area contributed by atoms with Crippen LogP contribution in [0, 0.1) is 5.82 Å². The first-order valence-electron chi connectivity index (χ1n) is 8.66. The minimum Gasteiger partial charge on any atom is -0.356 e. The molecular formula is C18H30FIN4. The zero-order valence-corrected chi connectivity index (χ0v) is 17.1. The maximum absolute atomic E-state index is 13.1. The summed E-state index contributed by atoms with van der Waals surface area (Å²) in [6.45, 7) is 6.32. The van der Waals surface area contributed by atoms with Crippen LogP contribution in [0.1, 0.15) is 31.7 Å². The van der Waals surface area contributed by atoms with Gasteiger partial charge in [0.2, 0.25) is 0 Å². The van der Waals surface area contributed by atoms with E-state index >= 15 is 0 Å². The third-order valence-corrected chi connectivity index (χ3v) is 4.46. The van der Waals surface area contributed by atoms with Gasteiger partial charge in [-0.1, -0.05) is 19.1 Å². The molecule has 0 bridgehead atoms. The Morgan fingerprint density at radius 1 is 1.38 bits per heavy atom. The highest BCUT2D eigenvalue weighted by atomic mass is 127. The first-order chi connectivity index (χ1) is 11.2. The number of rotatable bonds is 7. The molecular weight excluding hydrogens is 418 g/mol. The summed E-state index contributed by atoms with van der Waals surface area (Å²) in [7, 11) is 1.80. The number of aliphatic imine (C=N–C) groups is 1. The highest BCUT2D eigenvalue weighted by Gasteiger charge is 2.22. The topological polar surface area (TPSA) is 39.7 Å². The van der Waals surface area contributed by atoms with Gasteiger partial charge in [0.15, 0.2) is 5.96 Å². The number of hydrogen-bond donors (Lipinski definition) is 2. The highest BCUT2D eigenvalue weighted by Crippen LogP contribution is 2.15. The maximum atomic E-state index is 13.1. The van der Waals surface area contributed by atoms with Crippen molar-refractivity contribution in [2.24, 2.45) is 4.99 Å². The van der Waals surface area contributed by atoms with Gasteiger partial charge in [0, 0.05) is 26.2 Å². The van der Waals surface area contributed by atoms with Crippen molar-refractivity contribution in [3.05, 3.63) is 35.6 Å². The van der Waals surface area contributed by atoms with Crippen LogP contribution in [0.5, 0.6) is 0 Å². The predicted octanol–water partition coefficient (Wildman–Crippen LogP) is 3.03. The van der Waals surface area contributed by atoms with Gasteiger partial charge in [-0.25, -0.2) is 4.39 Å². The molecule has 1 heterocycles. The molecule has 136 valence electrons. The lowest BCUT2D eigenvalue weighted by Gasteiger charge is -2.24. The van der Waals surface area contributed by atoms with Gasteiger partial charge in [-0.3, -0.25) is 9.89 Å².